The van der Waals surface area contributed by atoms with Gasteiger partial charge in [-0.1, -0.05) is 0 Å². The first-order valence-electron chi connectivity index (χ1n) is 15.1. The third-order valence-corrected chi connectivity index (χ3v) is 18.3. The molecule has 2 aromatic carbocycles. The smallest absolute Gasteiger partial charge is 1.00 e. The summed E-state index contributed by atoms with van der Waals surface area (Å²) in [6.45, 7) is 10.3. The number of allylic oxidation sites excluding steroid dienone is 16. The van der Waals surface area contributed by atoms with E-state index in [9.17, 15) is 0 Å². The van der Waals surface area contributed by atoms with Gasteiger partial charge in [-0.2, -0.15) is 0 Å². The Hall–Kier alpha value is -1.96. The second-order valence-corrected chi connectivity index (χ2v) is 20.1. The van der Waals surface area contributed by atoms with E-state index in [0.29, 0.717) is 19.1 Å². The summed E-state index contributed by atoms with van der Waals surface area (Å²) in [6.07, 6.45) is 21.7. The molecule has 5 aliphatic rings. The largest absolute Gasteiger partial charge is 1.00 e. The van der Waals surface area contributed by atoms with E-state index in [-0.39, 0.29) is 24.8 Å². The maximum atomic E-state index is 2.71. The van der Waals surface area contributed by atoms with Crippen LogP contribution in [0.1, 0.15) is 49.7 Å². The van der Waals surface area contributed by atoms with Crippen molar-refractivity contribution in [3.63, 3.8) is 0 Å². The van der Waals surface area contributed by atoms with Gasteiger partial charge in [-0.25, -0.2) is 0 Å². The normalized spacial score (nSPS) is 26.3. The van der Waals surface area contributed by atoms with Crippen LogP contribution in [-0.2, 0) is 23.2 Å². The van der Waals surface area contributed by atoms with E-state index < -0.39 is 31.3 Å². The van der Waals surface area contributed by atoms with E-state index in [0.717, 1.165) is 0 Å². The summed E-state index contributed by atoms with van der Waals surface area (Å²) in [5, 5.41) is 3.61. The zero-order chi connectivity index (χ0) is 27.4. The Balaban J connectivity index is 0.00000176. The van der Waals surface area contributed by atoms with Gasteiger partial charge in [0.15, 0.2) is 0 Å². The Morgan fingerprint density at radius 1 is 0.595 bits per heavy atom. The van der Waals surface area contributed by atoms with E-state index in [1.165, 1.54) is 24.0 Å². The maximum absolute atomic E-state index is 2.71. The second-order valence-electron chi connectivity index (χ2n) is 12.2. The monoisotopic (exact) mass is 682 g/mol. The molecule has 0 saturated heterocycles. The van der Waals surface area contributed by atoms with Crippen LogP contribution < -0.4 is 24.8 Å². The number of hydrogen-bond donors (Lipinski definition) is 0. The SMILES string of the molecule is CCC1=C2C3=C(C=CC=CC3c3ccccc3)[CH]1[Zr+2][CH]1C3=C(C(=C1CC)[Si]2(C)C)C(c1ccccc1)C=CC=C3.[Cl-].[Cl-]. The van der Waals surface area contributed by atoms with Gasteiger partial charge in [0.2, 0.25) is 0 Å². The van der Waals surface area contributed by atoms with Crippen LogP contribution in [0.15, 0.2) is 153 Å². The zero-order valence-corrected chi connectivity index (χ0v) is 29.8. The van der Waals surface area contributed by atoms with Crippen molar-refractivity contribution in [1.29, 1.82) is 0 Å². The van der Waals surface area contributed by atoms with Crippen molar-refractivity contribution in [2.75, 3.05) is 0 Å². The van der Waals surface area contributed by atoms with Crippen LogP contribution in [0.2, 0.25) is 20.3 Å². The summed E-state index contributed by atoms with van der Waals surface area (Å²) in [4.78, 5) is 0. The molecule has 0 spiro atoms. The van der Waals surface area contributed by atoms with Gasteiger partial charge in [-0.3, -0.25) is 0 Å². The van der Waals surface area contributed by atoms with Gasteiger partial charge in [0, 0.05) is 0 Å². The quantitative estimate of drug-likeness (QED) is 0.422. The van der Waals surface area contributed by atoms with Gasteiger partial charge in [-0.05, 0) is 0 Å². The number of hydrogen-bond acceptors (Lipinski definition) is 0. The third-order valence-electron chi connectivity index (χ3n) is 9.79. The molecule has 0 aromatic heterocycles. The van der Waals surface area contributed by atoms with Gasteiger partial charge in [0.1, 0.15) is 0 Å². The molecular weight excluding hydrogens is 647 g/mol. The molecule has 0 saturated carbocycles. The molecular formula is C38H38Cl2SiZr. The van der Waals surface area contributed by atoms with Crippen molar-refractivity contribution in [3.8, 4) is 0 Å². The summed E-state index contributed by atoms with van der Waals surface area (Å²) in [6, 6.07) is 22.6. The van der Waals surface area contributed by atoms with E-state index in [2.05, 4.69) is 136 Å². The summed E-state index contributed by atoms with van der Waals surface area (Å²) in [5.41, 5.74) is 13.2. The van der Waals surface area contributed by atoms with Crippen LogP contribution in [0.5, 0.6) is 0 Å². The molecule has 0 N–H and O–H groups in total. The molecule has 4 heteroatoms. The molecule has 4 bridgehead atoms. The molecule has 4 unspecified atom stereocenters. The Morgan fingerprint density at radius 3 is 1.38 bits per heavy atom. The minimum Gasteiger partial charge on any atom is -1.00 e. The predicted octanol–water partition coefficient (Wildman–Crippen LogP) is 4.31. The summed E-state index contributed by atoms with van der Waals surface area (Å²) in [7, 11) is -2.09. The van der Waals surface area contributed by atoms with Crippen molar-refractivity contribution in [2.45, 2.75) is 58.9 Å². The molecule has 212 valence electrons. The molecule has 0 radical (unpaired) electrons. The number of benzene rings is 2. The van der Waals surface area contributed by atoms with Crippen LogP contribution in [-0.4, -0.2) is 8.07 Å². The molecule has 0 amide bonds. The third kappa shape index (κ3) is 4.82. The topological polar surface area (TPSA) is 0 Å². The van der Waals surface area contributed by atoms with Crippen molar-refractivity contribution >= 4 is 8.07 Å². The standard InChI is InChI=1S/C38H38Si.2ClH.Zr/c1-5-27-25-31-21-13-15-23-33(29-17-9-7-10-18-29)35(31)37(27)39(3,4)38-28(6-2)26-32-22-14-16-24-34(36(32)38)30-19-11-8-12-20-30;;;/h7-26,33-34H,5-6H2,1-4H3;2*1H;/q;;;+2/p-2. The van der Waals surface area contributed by atoms with Crippen LogP contribution in [0.3, 0.4) is 0 Å². The average molecular weight is 685 g/mol. The number of halogens is 2. The molecule has 42 heavy (non-hydrogen) atoms. The Labute approximate surface area is 277 Å². The summed E-state index contributed by atoms with van der Waals surface area (Å²) >= 11 is -0.925. The summed E-state index contributed by atoms with van der Waals surface area (Å²) < 4.78 is 1.35. The summed E-state index contributed by atoms with van der Waals surface area (Å²) in [5.74, 6) is 0.682. The number of fused-ring (bicyclic) bond motifs is 6. The predicted molar refractivity (Wildman–Crippen MR) is 169 cm³/mol. The van der Waals surface area contributed by atoms with Gasteiger partial charge in [0.25, 0.3) is 0 Å². The number of rotatable bonds is 4. The average Bonchev–Trinajstić information content (AvgIpc) is 3.25. The van der Waals surface area contributed by atoms with Crippen LogP contribution in [0.4, 0.5) is 0 Å². The molecule has 1 heterocycles. The molecule has 1 aliphatic heterocycles. The van der Waals surface area contributed by atoms with Crippen molar-refractivity contribution in [2.24, 2.45) is 0 Å². The Bertz CT molecular complexity index is 1500. The van der Waals surface area contributed by atoms with Gasteiger partial charge >= 0.3 is 254 Å². The first-order valence-corrected chi connectivity index (χ1v) is 20.9. The van der Waals surface area contributed by atoms with Crippen LogP contribution in [0.25, 0.3) is 0 Å². The molecule has 7 rings (SSSR count). The van der Waals surface area contributed by atoms with E-state index in [4.69, 9.17) is 0 Å². The minimum atomic E-state index is -2.09. The second kappa shape index (κ2) is 12.6. The van der Waals surface area contributed by atoms with Crippen molar-refractivity contribution in [3.05, 3.63) is 164 Å². The minimum absolute atomic E-state index is 0. The molecule has 2 aromatic rings. The first kappa shape index (κ1) is 31.5. The fourth-order valence-electron chi connectivity index (χ4n) is 8.30. The Morgan fingerprint density at radius 2 is 1.00 bits per heavy atom. The van der Waals surface area contributed by atoms with E-state index in [1.54, 1.807) is 32.7 Å². The molecule has 0 fully saturated rings. The molecule has 4 atom stereocenters. The van der Waals surface area contributed by atoms with Gasteiger partial charge < -0.3 is 24.8 Å². The van der Waals surface area contributed by atoms with Gasteiger partial charge in [-0.15, -0.1) is 0 Å². The molecule has 4 aliphatic carbocycles. The van der Waals surface area contributed by atoms with E-state index >= 15 is 0 Å². The van der Waals surface area contributed by atoms with Crippen LogP contribution in [0, 0.1) is 0 Å². The fourth-order valence-corrected chi connectivity index (χ4v) is 19.1. The van der Waals surface area contributed by atoms with Gasteiger partial charge in [0.05, 0.1) is 0 Å². The zero-order valence-electron chi connectivity index (χ0n) is 24.9. The fraction of sp³-hybridized carbons (Fsp3) is 0.263. The maximum Gasteiger partial charge on any atom is -1.00 e. The Kier molecular flexibility index (Phi) is 9.42. The van der Waals surface area contributed by atoms with Crippen molar-refractivity contribution in [1.82, 2.24) is 0 Å². The van der Waals surface area contributed by atoms with Crippen molar-refractivity contribution < 1.29 is 48.0 Å². The first-order chi connectivity index (χ1) is 19.6. The van der Waals surface area contributed by atoms with Crippen LogP contribution >= 0.6 is 0 Å². The molecule has 0 nitrogen and oxygen atoms in total. The van der Waals surface area contributed by atoms with E-state index in [1.807, 2.05) is 11.1 Å².